The number of ether oxygens (including phenoxy) is 1. The van der Waals surface area contributed by atoms with Crippen LogP contribution in [0, 0.1) is 23.6 Å². The van der Waals surface area contributed by atoms with E-state index in [2.05, 4.69) is 21.0 Å². The summed E-state index contributed by atoms with van der Waals surface area (Å²) in [5.74, 6) is 1.00. The molecule has 2 aromatic rings. The van der Waals surface area contributed by atoms with Crippen molar-refractivity contribution in [3.05, 3.63) is 40.3 Å². The third-order valence-corrected chi connectivity index (χ3v) is 8.65. The van der Waals surface area contributed by atoms with Crippen LogP contribution in [-0.4, -0.2) is 46.4 Å². The summed E-state index contributed by atoms with van der Waals surface area (Å²) in [6, 6.07) is 4.03. The Morgan fingerprint density at radius 2 is 1.79 bits per heavy atom. The Morgan fingerprint density at radius 1 is 1.09 bits per heavy atom. The molecule has 12 heteroatoms. The van der Waals surface area contributed by atoms with E-state index in [1.807, 2.05) is 20.8 Å². The van der Waals surface area contributed by atoms with Crippen molar-refractivity contribution >= 4 is 41.0 Å². The molecule has 2 aliphatic rings. The number of alkyl carbamates (subject to hydrolysis) is 1. The van der Waals surface area contributed by atoms with Gasteiger partial charge in [-0.15, -0.1) is 0 Å². The van der Waals surface area contributed by atoms with E-state index in [-0.39, 0.29) is 28.6 Å². The minimum atomic E-state index is -0.557. The van der Waals surface area contributed by atoms with Gasteiger partial charge < -0.3 is 26.4 Å². The number of aryl methyl sites for hydroxylation is 1. The molecular formula is C31H44ClFN6O4. The lowest BCUT2D eigenvalue weighted by Crippen LogP contribution is -2.33. The number of amides is 3. The average molecular weight is 619 g/mol. The molecule has 2 unspecified atom stereocenters. The van der Waals surface area contributed by atoms with Crippen molar-refractivity contribution in [3.63, 3.8) is 0 Å². The smallest absolute Gasteiger partial charge is 0.407 e. The minimum absolute atomic E-state index is 0.0668. The van der Waals surface area contributed by atoms with E-state index in [1.165, 1.54) is 22.9 Å². The first kappa shape index (κ1) is 32.6. The number of halogens is 2. The van der Waals surface area contributed by atoms with Crippen LogP contribution in [0.3, 0.4) is 0 Å². The minimum Gasteiger partial charge on any atom is -0.444 e. The van der Waals surface area contributed by atoms with Crippen LogP contribution in [-0.2, 0) is 16.6 Å². The van der Waals surface area contributed by atoms with Crippen molar-refractivity contribution in [2.24, 2.45) is 24.8 Å². The SMILES string of the molecule is Cn1nc(C2CC3CC(CNC(=O)CCCCCNC(=O)OC(C)(C)C)CC3C2)c(C(=O)Nc2ccc(F)c(Cl)c2)c1N. The number of aromatic nitrogens is 2. The van der Waals surface area contributed by atoms with Gasteiger partial charge in [0, 0.05) is 38.2 Å². The van der Waals surface area contributed by atoms with Crippen LogP contribution in [0.15, 0.2) is 18.2 Å². The summed E-state index contributed by atoms with van der Waals surface area (Å²) in [6.45, 7) is 6.69. The largest absolute Gasteiger partial charge is 0.444 e. The second kappa shape index (κ2) is 14.0. The van der Waals surface area contributed by atoms with E-state index >= 15 is 0 Å². The number of rotatable bonds is 11. The van der Waals surface area contributed by atoms with E-state index in [0.717, 1.165) is 44.9 Å². The maximum Gasteiger partial charge on any atom is 0.407 e. The van der Waals surface area contributed by atoms with Gasteiger partial charge >= 0.3 is 6.09 Å². The second-order valence-electron chi connectivity index (χ2n) is 12.9. The summed E-state index contributed by atoms with van der Waals surface area (Å²) in [6.07, 6.45) is 6.41. The molecule has 2 aliphatic carbocycles. The fourth-order valence-corrected chi connectivity index (χ4v) is 6.60. The van der Waals surface area contributed by atoms with E-state index in [0.29, 0.717) is 54.2 Å². The summed E-state index contributed by atoms with van der Waals surface area (Å²) < 4.78 is 20.3. The van der Waals surface area contributed by atoms with Crippen molar-refractivity contribution in [1.82, 2.24) is 20.4 Å². The van der Waals surface area contributed by atoms with Gasteiger partial charge in [0.2, 0.25) is 5.91 Å². The first-order valence-electron chi connectivity index (χ1n) is 15.1. The molecule has 43 heavy (non-hydrogen) atoms. The van der Waals surface area contributed by atoms with E-state index in [1.54, 1.807) is 7.05 Å². The maximum absolute atomic E-state index is 13.6. The van der Waals surface area contributed by atoms with Crippen LogP contribution in [0.25, 0.3) is 0 Å². The van der Waals surface area contributed by atoms with Gasteiger partial charge in [0.25, 0.3) is 5.91 Å². The summed E-state index contributed by atoms with van der Waals surface area (Å²) >= 11 is 5.88. The quantitative estimate of drug-likeness (QED) is 0.236. The number of fused-ring (bicyclic) bond motifs is 1. The van der Waals surface area contributed by atoms with Crippen LogP contribution in [0.4, 0.5) is 20.7 Å². The van der Waals surface area contributed by atoms with Gasteiger partial charge in [0.1, 0.15) is 22.8 Å². The highest BCUT2D eigenvalue weighted by Crippen LogP contribution is 2.52. The lowest BCUT2D eigenvalue weighted by atomic mass is 9.93. The highest BCUT2D eigenvalue weighted by molar-refractivity contribution is 6.31. The second-order valence-corrected chi connectivity index (χ2v) is 13.3. The summed E-state index contributed by atoms with van der Waals surface area (Å²) in [7, 11) is 1.72. The lowest BCUT2D eigenvalue weighted by Gasteiger charge is -2.19. The third kappa shape index (κ3) is 8.84. The molecule has 2 fully saturated rings. The van der Waals surface area contributed by atoms with E-state index in [4.69, 9.17) is 22.1 Å². The average Bonchev–Trinajstić information content (AvgIpc) is 3.57. The molecule has 0 bridgehead atoms. The number of hydrogen-bond donors (Lipinski definition) is 4. The highest BCUT2D eigenvalue weighted by Gasteiger charge is 2.44. The Bertz CT molecular complexity index is 1310. The van der Waals surface area contributed by atoms with Gasteiger partial charge in [0.05, 0.1) is 10.7 Å². The van der Waals surface area contributed by atoms with Crippen molar-refractivity contribution in [2.75, 3.05) is 24.1 Å². The fourth-order valence-electron chi connectivity index (χ4n) is 6.41. The number of carbonyl (C=O) groups is 3. The first-order valence-corrected chi connectivity index (χ1v) is 15.5. The first-order chi connectivity index (χ1) is 20.3. The van der Waals surface area contributed by atoms with Crippen LogP contribution >= 0.6 is 11.6 Å². The predicted molar refractivity (Wildman–Crippen MR) is 164 cm³/mol. The summed E-state index contributed by atoms with van der Waals surface area (Å²) in [4.78, 5) is 37.3. The molecule has 1 aromatic heterocycles. The number of nitrogens with two attached hydrogens (primary N) is 1. The van der Waals surface area contributed by atoms with Gasteiger partial charge in [-0.25, -0.2) is 9.18 Å². The highest BCUT2D eigenvalue weighted by atomic mass is 35.5. The topological polar surface area (TPSA) is 140 Å². The number of nitrogens with one attached hydrogen (secondary N) is 3. The molecule has 1 aromatic carbocycles. The molecule has 0 saturated heterocycles. The molecule has 1 heterocycles. The Morgan fingerprint density at radius 3 is 2.44 bits per heavy atom. The number of unbranched alkanes of at least 4 members (excludes halogenated alkanes) is 2. The van der Waals surface area contributed by atoms with Crippen molar-refractivity contribution in [1.29, 1.82) is 0 Å². The van der Waals surface area contributed by atoms with E-state index in [9.17, 15) is 18.8 Å². The predicted octanol–water partition coefficient (Wildman–Crippen LogP) is 5.77. The molecule has 10 nitrogen and oxygen atoms in total. The van der Waals surface area contributed by atoms with Crippen molar-refractivity contribution in [2.45, 2.75) is 83.7 Å². The zero-order valence-corrected chi connectivity index (χ0v) is 26.2. The molecule has 4 rings (SSSR count). The molecular weight excluding hydrogens is 575 g/mol. The maximum atomic E-state index is 13.6. The summed E-state index contributed by atoms with van der Waals surface area (Å²) in [5.41, 5.74) is 7.20. The van der Waals surface area contributed by atoms with E-state index < -0.39 is 17.5 Å². The van der Waals surface area contributed by atoms with Crippen LogP contribution in [0.5, 0.6) is 0 Å². The Hall–Kier alpha value is -3.34. The molecule has 236 valence electrons. The number of nitrogens with zero attached hydrogens (tertiary/aromatic N) is 2. The van der Waals surface area contributed by atoms with Gasteiger partial charge in [-0.3, -0.25) is 14.3 Å². The third-order valence-electron chi connectivity index (χ3n) is 8.36. The number of anilines is 2. The van der Waals surface area contributed by atoms with Gasteiger partial charge in [-0.2, -0.15) is 5.10 Å². The molecule has 2 saturated carbocycles. The normalized spacial score (nSPS) is 21.3. The molecule has 0 radical (unpaired) electrons. The molecule has 5 N–H and O–H groups in total. The van der Waals surface area contributed by atoms with Crippen molar-refractivity contribution in [3.8, 4) is 0 Å². The fraction of sp³-hybridized carbons (Fsp3) is 0.613. The van der Waals surface area contributed by atoms with Crippen LogP contribution in [0.1, 0.15) is 94.1 Å². The van der Waals surface area contributed by atoms with Gasteiger partial charge in [-0.05, 0) is 95.2 Å². The molecule has 3 amide bonds. The van der Waals surface area contributed by atoms with Crippen LogP contribution in [0.2, 0.25) is 5.02 Å². The Balaban J connectivity index is 1.18. The zero-order valence-electron chi connectivity index (χ0n) is 25.5. The molecule has 0 spiro atoms. The zero-order chi connectivity index (χ0) is 31.3. The standard InChI is InChI=1S/C31H44ClFN6O4/c1-31(2,3)43-30(42)35-11-7-5-6-8-25(40)36-17-18-12-19-14-21(15-20(19)13-18)27-26(28(34)39(4)38-27)29(41)37-22-9-10-24(33)23(32)16-22/h9-10,16,18-21H,5-8,11-15,17,34H2,1-4H3,(H,35,42)(H,36,40)(H,37,41). The number of hydrogen-bond acceptors (Lipinski definition) is 6. The summed E-state index contributed by atoms with van der Waals surface area (Å²) in [5, 5.41) is 13.2. The van der Waals surface area contributed by atoms with Gasteiger partial charge in [-0.1, -0.05) is 18.0 Å². The van der Waals surface area contributed by atoms with Gasteiger partial charge in [0.15, 0.2) is 0 Å². The molecule has 2 atom stereocenters. The molecule has 0 aliphatic heterocycles. The Kier molecular flexibility index (Phi) is 10.6. The lowest BCUT2D eigenvalue weighted by molar-refractivity contribution is -0.121. The number of nitrogen functional groups attached to an aromatic ring is 1. The number of carbonyl (C=O) groups excluding carboxylic acids is 3. The Labute approximate surface area is 257 Å². The number of benzene rings is 1. The monoisotopic (exact) mass is 618 g/mol. The van der Waals surface area contributed by atoms with Crippen molar-refractivity contribution < 1.29 is 23.5 Å². The van der Waals surface area contributed by atoms with Crippen LogP contribution < -0.4 is 21.7 Å².